The van der Waals surface area contributed by atoms with Gasteiger partial charge in [0, 0.05) is 23.7 Å². The van der Waals surface area contributed by atoms with Gasteiger partial charge in [-0.05, 0) is 24.5 Å². The number of pyridine rings is 1. The number of hydrogen-bond acceptors (Lipinski definition) is 3. The normalized spacial score (nSPS) is 20.5. The molecule has 1 aromatic heterocycles. The second kappa shape index (κ2) is 5.54. The standard InChI is InChI=1S/C13H19N3S/c1-3-13(4-2)10-17-12(16-13)15-9-11-6-5-7-14-8-11/h5-8H,3-4,9-10H2,1-2H3,(H,15,16). The van der Waals surface area contributed by atoms with E-state index < -0.39 is 0 Å². The predicted octanol–water partition coefficient (Wildman–Crippen LogP) is 2.83. The van der Waals surface area contributed by atoms with E-state index in [-0.39, 0.29) is 5.54 Å². The molecule has 1 aromatic rings. The number of hydrogen-bond donors (Lipinski definition) is 1. The van der Waals surface area contributed by atoms with Crippen LogP contribution in [0.4, 0.5) is 0 Å². The first-order valence-corrected chi connectivity index (χ1v) is 7.11. The average Bonchev–Trinajstić information content (AvgIpc) is 2.82. The summed E-state index contributed by atoms with van der Waals surface area (Å²) in [5.41, 5.74) is 1.42. The topological polar surface area (TPSA) is 37.3 Å². The van der Waals surface area contributed by atoms with Crippen LogP contribution < -0.4 is 5.32 Å². The van der Waals surface area contributed by atoms with E-state index in [2.05, 4.69) is 35.2 Å². The van der Waals surface area contributed by atoms with Crippen LogP contribution in [0.15, 0.2) is 29.5 Å². The first-order valence-electron chi connectivity index (χ1n) is 6.12. The Morgan fingerprint density at radius 1 is 1.47 bits per heavy atom. The highest BCUT2D eigenvalue weighted by Crippen LogP contribution is 2.29. The predicted molar refractivity (Wildman–Crippen MR) is 74.3 cm³/mol. The fourth-order valence-corrected chi connectivity index (χ4v) is 3.21. The molecule has 2 rings (SSSR count). The molecule has 0 unspecified atom stereocenters. The van der Waals surface area contributed by atoms with E-state index in [4.69, 9.17) is 0 Å². The third-order valence-corrected chi connectivity index (χ3v) is 4.54. The number of nitrogens with one attached hydrogen (secondary N) is 1. The van der Waals surface area contributed by atoms with Crippen molar-refractivity contribution in [3.8, 4) is 0 Å². The fraction of sp³-hybridized carbons (Fsp3) is 0.538. The van der Waals surface area contributed by atoms with Gasteiger partial charge >= 0.3 is 0 Å². The van der Waals surface area contributed by atoms with E-state index in [0.717, 1.165) is 29.3 Å². The highest BCUT2D eigenvalue weighted by atomic mass is 32.2. The Morgan fingerprint density at radius 3 is 2.88 bits per heavy atom. The summed E-state index contributed by atoms with van der Waals surface area (Å²) < 4.78 is 0. The van der Waals surface area contributed by atoms with Crippen LogP contribution in [0, 0.1) is 0 Å². The second-order valence-electron chi connectivity index (χ2n) is 4.38. The van der Waals surface area contributed by atoms with Gasteiger partial charge in [0.2, 0.25) is 0 Å². The van der Waals surface area contributed by atoms with Gasteiger partial charge in [-0.2, -0.15) is 0 Å². The molecule has 3 nitrogen and oxygen atoms in total. The van der Waals surface area contributed by atoms with E-state index in [1.165, 1.54) is 0 Å². The Labute approximate surface area is 107 Å². The van der Waals surface area contributed by atoms with Crippen LogP contribution in [-0.2, 0) is 6.54 Å². The van der Waals surface area contributed by atoms with Gasteiger partial charge < -0.3 is 5.32 Å². The highest BCUT2D eigenvalue weighted by molar-refractivity contribution is 8.14. The largest absolute Gasteiger partial charge is 0.359 e. The van der Waals surface area contributed by atoms with Crippen molar-refractivity contribution in [3.05, 3.63) is 30.1 Å². The van der Waals surface area contributed by atoms with Crippen molar-refractivity contribution in [3.63, 3.8) is 0 Å². The molecule has 1 aliphatic heterocycles. The van der Waals surface area contributed by atoms with Crippen LogP contribution in [0.25, 0.3) is 0 Å². The maximum absolute atomic E-state index is 4.61. The smallest absolute Gasteiger partial charge is 0.157 e. The Kier molecular flexibility index (Phi) is 4.05. The van der Waals surface area contributed by atoms with Gasteiger partial charge in [-0.1, -0.05) is 31.7 Å². The molecule has 0 atom stereocenters. The third kappa shape index (κ3) is 3.00. The van der Waals surface area contributed by atoms with E-state index in [0.29, 0.717) is 6.54 Å². The van der Waals surface area contributed by atoms with E-state index in [1.54, 1.807) is 6.20 Å². The lowest BCUT2D eigenvalue weighted by molar-refractivity contribution is 0.407. The minimum atomic E-state index is 0.262. The quantitative estimate of drug-likeness (QED) is 0.891. The molecule has 2 heterocycles. The van der Waals surface area contributed by atoms with Crippen LogP contribution in [0.5, 0.6) is 0 Å². The first kappa shape index (κ1) is 12.4. The Hall–Kier alpha value is -1.03. The zero-order valence-electron chi connectivity index (χ0n) is 10.4. The lowest BCUT2D eigenvalue weighted by Crippen LogP contribution is -2.42. The molecule has 1 saturated heterocycles. The van der Waals surface area contributed by atoms with E-state index in [9.17, 15) is 0 Å². The molecule has 0 aliphatic carbocycles. The molecule has 1 aliphatic rings. The SMILES string of the molecule is CCC1(CC)CSC(=NCc2cccnc2)N1. The molecule has 0 aromatic carbocycles. The van der Waals surface area contributed by atoms with Crippen molar-refractivity contribution < 1.29 is 0 Å². The maximum atomic E-state index is 4.61. The van der Waals surface area contributed by atoms with Crippen LogP contribution in [-0.4, -0.2) is 21.4 Å². The van der Waals surface area contributed by atoms with E-state index >= 15 is 0 Å². The number of rotatable bonds is 4. The number of thioether (sulfide) groups is 1. The minimum absolute atomic E-state index is 0.262. The molecule has 4 heteroatoms. The van der Waals surface area contributed by atoms with Crippen molar-refractivity contribution in [2.24, 2.45) is 4.99 Å². The third-order valence-electron chi connectivity index (χ3n) is 3.34. The lowest BCUT2D eigenvalue weighted by atomic mass is 9.96. The molecule has 1 N–H and O–H groups in total. The summed E-state index contributed by atoms with van der Waals surface area (Å²) in [4.78, 5) is 8.71. The van der Waals surface area contributed by atoms with Gasteiger partial charge in [0.1, 0.15) is 0 Å². The van der Waals surface area contributed by atoms with Gasteiger partial charge in [0.25, 0.3) is 0 Å². The molecular weight excluding hydrogens is 230 g/mol. The second-order valence-corrected chi connectivity index (χ2v) is 5.35. The number of nitrogens with zero attached hydrogens (tertiary/aromatic N) is 2. The van der Waals surface area contributed by atoms with Gasteiger partial charge in [-0.3, -0.25) is 9.98 Å². The van der Waals surface area contributed by atoms with Crippen molar-refractivity contribution >= 4 is 16.9 Å². The Bertz CT molecular complexity index is 385. The molecule has 0 bridgehead atoms. The van der Waals surface area contributed by atoms with Gasteiger partial charge in [0.05, 0.1) is 6.54 Å². The fourth-order valence-electron chi connectivity index (χ4n) is 1.88. The summed E-state index contributed by atoms with van der Waals surface area (Å²) in [7, 11) is 0. The average molecular weight is 249 g/mol. The monoisotopic (exact) mass is 249 g/mol. The number of aromatic nitrogens is 1. The summed E-state index contributed by atoms with van der Waals surface area (Å²) in [6.45, 7) is 5.19. The van der Waals surface area contributed by atoms with Crippen molar-refractivity contribution in [1.29, 1.82) is 0 Å². The van der Waals surface area contributed by atoms with E-state index in [1.807, 2.05) is 24.0 Å². The Morgan fingerprint density at radius 2 is 2.29 bits per heavy atom. The molecule has 0 amide bonds. The number of amidine groups is 1. The lowest BCUT2D eigenvalue weighted by Gasteiger charge is -2.25. The van der Waals surface area contributed by atoms with Crippen LogP contribution in [0.2, 0.25) is 0 Å². The van der Waals surface area contributed by atoms with Crippen LogP contribution in [0.3, 0.4) is 0 Å². The van der Waals surface area contributed by atoms with Gasteiger partial charge in [-0.25, -0.2) is 0 Å². The molecule has 0 spiro atoms. The minimum Gasteiger partial charge on any atom is -0.359 e. The molecule has 0 radical (unpaired) electrons. The molecule has 0 saturated carbocycles. The summed E-state index contributed by atoms with van der Waals surface area (Å²) in [5, 5.41) is 4.65. The maximum Gasteiger partial charge on any atom is 0.157 e. The molecule has 1 fully saturated rings. The zero-order valence-corrected chi connectivity index (χ0v) is 11.3. The van der Waals surface area contributed by atoms with Crippen molar-refractivity contribution in [1.82, 2.24) is 10.3 Å². The number of aliphatic imine (C=N–C) groups is 1. The summed E-state index contributed by atoms with van der Waals surface area (Å²) in [6.07, 6.45) is 5.97. The summed E-state index contributed by atoms with van der Waals surface area (Å²) in [6, 6.07) is 4.01. The first-order chi connectivity index (χ1) is 8.28. The van der Waals surface area contributed by atoms with Gasteiger partial charge in [-0.15, -0.1) is 0 Å². The van der Waals surface area contributed by atoms with Gasteiger partial charge in [0.15, 0.2) is 5.17 Å². The summed E-state index contributed by atoms with van der Waals surface area (Å²) >= 11 is 1.84. The molecular formula is C13H19N3S. The van der Waals surface area contributed by atoms with Crippen LogP contribution >= 0.6 is 11.8 Å². The zero-order chi connectivity index (χ0) is 12.1. The van der Waals surface area contributed by atoms with Crippen molar-refractivity contribution in [2.45, 2.75) is 38.8 Å². The van der Waals surface area contributed by atoms with Crippen molar-refractivity contribution in [2.75, 3.05) is 5.75 Å². The molecule has 17 heavy (non-hydrogen) atoms. The Balaban J connectivity index is 1.97. The molecule has 92 valence electrons. The summed E-state index contributed by atoms with van der Waals surface area (Å²) in [5.74, 6) is 1.13. The van der Waals surface area contributed by atoms with Crippen LogP contribution in [0.1, 0.15) is 32.3 Å². The highest BCUT2D eigenvalue weighted by Gasteiger charge is 2.33.